The molecule has 0 saturated carbocycles. The smallest absolute Gasteiger partial charge is 0.0866 e. The first kappa shape index (κ1) is 15.0. The fourth-order valence-corrected chi connectivity index (χ4v) is 2.98. The Balaban J connectivity index is 1.88. The van der Waals surface area contributed by atoms with Crippen molar-refractivity contribution in [3.05, 3.63) is 35.9 Å². The Morgan fingerprint density at radius 1 is 1.10 bits per heavy atom. The maximum atomic E-state index is 8.74. The quantitative estimate of drug-likeness (QED) is 0.745. The molecule has 0 amide bonds. The molecule has 1 aromatic rings. The molecule has 1 heterocycles. The summed E-state index contributed by atoms with van der Waals surface area (Å²) in [5.41, 5.74) is 1.47. The van der Waals surface area contributed by atoms with Gasteiger partial charge in [-0.1, -0.05) is 43.7 Å². The Bertz CT molecular complexity index is 416. The van der Waals surface area contributed by atoms with Crippen molar-refractivity contribution in [2.45, 2.75) is 25.7 Å². The van der Waals surface area contributed by atoms with Crippen LogP contribution in [0.15, 0.2) is 30.3 Å². The van der Waals surface area contributed by atoms with E-state index in [1.165, 1.54) is 18.4 Å². The molecule has 0 bridgehead atoms. The van der Waals surface area contributed by atoms with Crippen LogP contribution in [-0.4, -0.2) is 49.1 Å². The molecule has 1 aliphatic rings. The van der Waals surface area contributed by atoms with Gasteiger partial charge in [0.2, 0.25) is 0 Å². The van der Waals surface area contributed by atoms with E-state index in [4.69, 9.17) is 5.26 Å². The van der Waals surface area contributed by atoms with Crippen molar-refractivity contribution in [2.24, 2.45) is 0 Å². The van der Waals surface area contributed by atoms with Gasteiger partial charge in [-0.15, -0.1) is 0 Å². The minimum absolute atomic E-state index is 0.574. The van der Waals surface area contributed by atoms with E-state index in [-0.39, 0.29) is 0 Å². The van der Waals surface area contributed by atoms with Crippen molar-refractivity contribution in [3.8, 4) is 6.07 Å². The molecule has 0 spiro atoms. The molecule has 1 atom stereocenters. The van der Waals surface area contributed by atoms with Crippen molar-refractivity contribution in [2.75, 3.05) is 39.3 Å². The highest BCUT2D eigenvalue weighted by Crippen LogP contribution is 2.22. The van der Waals surface area contributed by atoms with Gasteiger partial charge in [0.25, 0.3) is 0 Å². The van der Waals surface area contributed by atoms with Gasteiger partial charge in [0.05, 0.1) is 12.6 Å². The highest BCUT2D eigenvalue weighted by Gasteiger charge is 2.20. The minimum atomic E-state index is 0.574. The summed E-state index contributed by atoms with van der Waals surface area (Å²) in [5, 5.41) is 8.74. The number of nitrogens with zero attached hydrogens (tertiary/aromatic N) is 3. The fourth-order valence-electron chi connectivity index (χ4n) is 2.98. The van der Waals surface area contributed by atoms with Crippen LogP contribution < -0.4 is 0 Å². The first-order chi connectivity index (χ1) is 9.83. The number of rotatable bonds is 6. The third kappa shape index (κ3) is 4.33. The maximum absolute atomic E-state index is 8.74. The zero-order chi connectivity index (χ0) is 14.2. The highest BCUT2D eigenvalue weighted by atomic mass is 15.3. The number of benzene rings is 1. The van der Waals surface area contributed by atoms with Gasteiger partial charge in [0.1, 0.15) is 0 Å². The van der Waals surface area contributed by atoms with E-state index in [1.54, 1.807) is 0 Å². The van der Waals surface area contributed by atoms with Gasteiger partial charge in [-0.3, -0.25) is 4.90 Å². The third-order valence-electron chi connectivity index (χ3n) is 4.15. The lowest BCUT2D eigenvalue weighted by Gasteiger charge is -2.35. The zero-order valence-electron chi connectivity index (χ0n) is 12.5. The number of hydrogen-bond donors (Lipinski definition) is 0. The second-order valence-electron chi connectivity index (χ2n) is 5.63. The summed E-state index contributed by atoms with van der Waals surface area (Å²) in [5.74, 6) is 0.642. The lowest BCUT2D eigenvalue weighted by atomic mass is 9.94. The van der Waals surface area contributed by atoms with Crippen molar-refractivity contribution in [1.82, 2.24) is 9.80 Å². The first-order valence-corrected chi connectivity index (χ1v) is 7.70. The van der Waals surface area contributed by atoms with Gasteiger partial charge >= 0.3 is 0 Å². The maximum Gasteiger partial charge on any atom is 0.0866 e. The van der Waals surface area contributed by atoms with Crippen LogP contribution in [0.4, 0.5) is 0 Å². The Morgan fingerprint density at radius 2 is 1.75 bits per heavy atom. The lowest BCUT2D eigenvalue weighted by molar-refractivity contribution is 0.136. The Morgan fingerprint density at radius 3 is 2.35 bits per heavy atom. The topological polar surface area (TPSA) is 30.3 Å². The monoisotopic (exact) mass is 271 g/mol. The van der Waals surface area contributed by atoms with Gasteiger partial charge in [-0.25, -0.2) is 0 Å². The Kier molecular flexibility index (Phi) is 6.04. The molecule has 20 heavy (non-hydrogen) atoms. The minimum Gasteiger partial charge on any atom is -0.300 e. The summed E-state index contributed by atoms with van der Waals surface area (Å²) in [7, 11) is 0. The van der Waals surface area contributed by atoms with Gasteiger partial charge in [0, 0.05) is 32.7 Å². The van der Waals surface area contributed by atoms with E-state index >= 15 is 0 Å². The zero-order valence-corrected chi connectivity index (χ0v) is 12.5. The van der Waals surface area contributed by atoms with E-state index in [1.807, 2.05) is 0 Å². The molecule has 1 fully saturated rings. The Hall–Kier alpha value is -1.37. The summed E-state index contributed by atoms with van der Waals surface area (Å²) < 4.78 is 0. The molecular weight excluding hydrogens is 246 g/mol. The fraction of sp³-hybridized carbons (Fsp3) is 0.588. The second-order valence-corrected chi connectivity index (χ2v) is 5.63. The van der Waals surface area contributed by atoms with Gasteiger partial charge in [-0.05, 0) is 17.9 Å². The second kappa shape index (κ2) is 8.04. The van der Waals surface area contributed by atoms with Gasteiger partial charge in [0.15, 0.2) is 0 Å². The summed E-state index contributed by atoms with van der Waals surface area (Å²) in [4.78, 5) is 4.80. The highest BCUT2D eigenvalue weighted by molar-refractivity contribution is 5.19. The number of piperazine rings is 1. The van der Waals surface area contributed by atoms with E-state index in [0.717, 1.165) is 32.7 Å². The molecule has 1 unspecified atom stereocenters. The van der Waals surface area contributed by atoms with E-state index < -0.39 is 0 Å². The van der Waals surface area contributed by atoms with Crippen LogP contribution in [-0.2, 0) is 0 Å². The SMILES string of the molecule is CCCC(CN1CCN(CC#N)CC1)c1ccccc1. The predicted octanol–water partition coefficient (Wildman–Crippen LogP) is 2.71. The average Bonchev–Trinajstić information content (AvgIpc) is 2.50. The molecule has 0 radical (unpaired) electrons. The molecule has 2 rings (SSSR count). The summed E-state index contributed by atoms with van der Waals surface area (Å²) in [6, 6.07) is 13.1. The van der Waals surface area contributed by atoms with E-state index in [9.17, 15) is 0 Å². The van der Waals surface area contributed by atoms with Gasteiger partial charge < -0.3 is 4.90 Å². The van der Waals surface area contributed by atoms with Crippen LogP contribution in [0.5, 0.6) is 0 Å². The molecular formula is C17H25N3. The molecule has 0 N–H and O–H groups in total. The largest absolute Gasteiger partial charge is 0.300 e. The van der Waals surface area contributed by atoms with Crippen LogP contribution in [0.3, 0.4) is 0 Å². The van der Waals surface area contributed by atoms with Crippen LogP contribution >= 0.6 is 0 Å². The first-order valence-electron chi connectivity index (χ1n) is 7.70. The van der Waals surface area contributed by atoms with E-state index in [0.29, 0.717) is 12.5 Å². The summed E-state index contributed by atoms with van der Waals surface area (Å²) >= 11 is 0. The summed E-state index contributed by atoms with van der Waals surface area (Å²) in [6.07, 6.45) is 2.48. The lowest BCUT2D eigenvalue weighted by Crippen LogP contribution is -2.47. The predicted molar refractivity (Wildman–Crippen MR) is 82.6 cm³/mol. The van der Waals surface area contributed by atoms with Crippen molar-refractivity contribution in [1.29, 1.82) is 5.26 Å². The van der Waals surface area contributed by atoms with E-state index in [2.05, 4.69) is 53.1 Å². The molecule has 0 aromatic heterocycles. The summed E-state index contributed by atoms with van der Waals surface area (Å²) in [6.45, 7) is 8.23. The normalized spacial score (nSPS) is 18.6. The Labute approximate surface area is 122 Å². The standard InChI is InChI=1S/C17H25N3/c1-2-6-17(16-7-4-3-5-8-16)15-20-13-11-19(10-9-18)12-14-20/h3-5,7-8,17H,2,6,10-15H2,1H3. The van der Waals surface area contributed by atoms with Crippen molar-refractivity contribution < 1.29 is 0 Å². The van der Waals surface area contributed by atoms with Crippen LogP contribution in [0, 0.1) is 11.3 Å². The van der Waals surface area contributed by atoms with Crippen LogP contribution in [0.1, 0.15) is 31.2 Å². The van der Waals surface area contributed by atoms with Crippen LogP contribution in [0.2, 0.25) is 0 Å². The molecule has 0 aliphatic carbocycles. The molecule has 1 aromatic carbocycles. The molecule has 1 aliphatic heterocycles. The van der Waals surface area contributed by atoms with Crippen molar-refractivity contribution in [3.63, 3.8) is 0 Å². The van der Waals surface area contributed by atoms with Gasteiger partial charge in [-0.2, -0.15) is 5.26 Å². The molecule has 1 saturated heterocycles. The molecule has 3 heteroatoms. The van der Waals surface area contributed by atoms with Crippen LogP contribution in [0.25, 0.3) is 0 Å². The number of hydrogen-bond acceptors (Lipinski definition) is 3. The third-order valence-corrected chi connectivity index (χ3v) is 4.15. The van der Waals surface area contributed by atoms with Crippen molar-refractivity contribution >= 4 is 0 Å². The molecule has 108 valence electrons. The molecule has 3 nitrogen and oxygen atoms in total. The average molecular weight is 271 g/mol. The number of nitriles is 1.